The zero-order valence-electron chi connectivity index (χ0n) is 14.5. The maximum Gasteiger partial charge on any atom is 0.221 e. The maximum atomic E-state index is 12.3. The molecule has 0 unspecified atom stereocenters. The van der Waals surface area contributed by atoms with E-state index in [9.17, 15) is 14.7 Å². The number of hydrogen-bond donors (Lipinski definition) is 2. The molecule has 1 saturated heterocycles. The third-order valence-corrected chi connectivity index (χ3v) is 4.44. The van der Waals surface area contributed by atoms with Crippen LogP contribution in [0.5, 0.6) is 5.75 Å². The van der Waals surface area contributed by atoms with Gasteiger partial charge < -0.3 is 15.3 Å². The van der Waals surface area contributed by atoms with Gasteiger partial charge in [0.1, 0.15) is 5.75 Å². The number of unbranched alkanes of at least 4 members (excludes halogenated alkanes) is 2. The molecular formula is C19H28N2O3. The van der Waals surface area contributed by atoms with Crippen molar-refractivity contribution < 1.29 is 14.7 Å². The highest BCUT2D eigenvalue weighted by atomic mass is 16.3. The standard InChI is InChI=1S/C19H28N2O3/c1-15(22)20-16-9-10-19(24)17(14-16)18(23)8-4-2-5-11-21-12-6-3-7-13-21/h9-10,14,24H,2-8,11-13H2,1H3,(H,20,22). The first-order valence-electron chi connectivity index (χ1n) is 8.92. The molecule has 1 aromatic rings. The Hall–Kier alpha value is -1.88. The zero-order chi connectivity index (χ0) is 17.4. The summed E-state index contributed by atoms with van der Waals surface area (Å²) in [5, 5.41) is 12.5. The quantitative estimate of drug-likeness (QED) is 0.434. The van der Waals surface area contributed by atoms with Crippen LogP contribution in [0.3, 0.4) is 0 Å². The molecule has 0 radical (unpaired) electrons. The number of nitrogens with zero attached hydrogens (tertiary/aromatic N) is 1. The molecule has 5 nitrogen and oxygen atoms in total. The van der Waals surface area contributed by atoms with Gasteiger partial charge in [0.15, 0.2) is 5.78 Å². The summed E-state index contributed by atoms with van der Waals surface area (Å²) in [5.41, 5.74) is 0.825. The molecule has 0 spiro atoms. The Morgan fingerprint density at radius 3 is 2.58 bits per heavy atom. The van der Waals surface area contributed by atoms with Crippen LogP contribution in [-0.2, 0) is 4.79 Å². The predicted molar refractivity (Wildman–Crippen MR) is 95.5 cm³/mol. The van der Waals surface area contributed by atoms with Gasteiger partial charge in [0.2, 0.25) is 5.91 Å². The predicted octanol–water partition coefficient (Wildman–Crippen LogP) is 3.58. The monoisotopic (exact) mass is 332 g/mol. The number of amides is 1. The second-order valence-electron chi connectivity index (χ2n) is 6.55. The van der Waals surface area contributed by atoms with Gasteiger partial charge in [-0.15, -0.1) is 0 Å². The van der Waals surface area contributed by atoms with Gasteiger partial charge in [-0.25, -0.2) is 0 Å². The van der Waals surface area contributed by atoms with Gasteiger partial charge in [-0.2, -0.15) is 0 Å². The molecule has 1 heterocycles. The number of phenolic OH excluding ortho intramolecular Hbond substituents is 1. The number of carbonyl (C=O) groups is 2. The Balaban J connectivity index is 1.74. The molecule has 2 N–H and O–H groups in total. The normalized spacial score (nSPS) is 15.2. The molecular weight excluding hydrogens is 304 g/mol. The summed E-state index contributed by atoms with van der Waals surface area (Å²) in [6, 6.07) is 4.59. The van der Waals surface area contributed by atoms with Crippen LogP contribution in [0.25, 0.3) is 0 Å². The van der Waals surface area contributed by atoms with Crippen LogP contribution in [0.4, 0.5) is 5.69 Å². The number of piperidine rings is 1. The lowest BCUT2D eigenvalue weighted by molar-refractivity contribution is -0.114. The van der Waals surface area contributed by atoms with Crippen LogP contribution in [-0.4, -0.2) is 41.3 Å². The summed E-state index contributed by atoms with van der Waals surface area (Å²) in [6.45, 7) is 4.96. The minimum Gasteiger partial charge on any atom is -0.507 e. The van der Waals surface area contributed by atoms with E-state index in [-0.39, 0.29) is 23.0 Å². The summed E-state index contributed by atoms with van der Waals surface area (Å²) in [6.07, 6.45) is 7.37. The number of nitrogens with one attached hydrogen (secondary N) is 1. The first kappa shape index (κ1) is 18.5. The topological polar surface area (TPSA) is 69.6 Å². The molecule has 1 aromatic carbocycles. The van der Waals surface area contributed by atoms with Gasteiger partial charge in [-0.3, -0.25) is 9.59 Å². The number of ketones is 1. The molecule has 0 bridgehead atoms. The number of likely N-dealkylation sites (tertiary alicyclic amines) is 1. The Bertz CT molecular complexity index is 566. The van der Waals surface area contributed by atoms with E-state index in [1.807, 2.05) is 0 Å². The highest BCUT2D eigenvalue weighted by Crippen LogP contribution is 2.24. The average molecular weight is 332 g/mol. The van der Waals surface area contributed by atoms with Crippen LogP contribution in [0.2, 0.25) is 0 Å². The van der Waals surface area contributed by atoms with Crippen molar-refractivity contribution in [2.45, 2.75) is 51.9 Å². The van der Waals surface area contributed by atoms with Gasteiger partial charge in [0.25, 0.3) is 0 Å². The molecule has 1 aliphatic rings. The fourth-order valence-electron chi connectivity index (χ4n) is 3.16. The van der Waals surface area contributed by atoms with Crippen molar-refractivity contribution in [2.75, 3.05) is 25.0 Å². The summed E-state index contributed by atoms with van der Waals surface area (Å²) < 4.78 is 0. The fourth-order valence-corrected chi connectivity index (χ4v) is 3.16. The molecule has 2 rings (SSSR count). The van der Waals surface area contributed by atoms with Gasteiger partial charge in [0, 0.05) is 19.0 Å². The maximum absolute atomic E-state index is 12.3. The van der Waals surface area contributed by atoms with Crippen molar-refractivity contribution >= 4 is 17.4 Å². The molecule has 0 aromatic heterocycles. The Morgan fingerprint density at radius 1 is 1.12 bits per heavy atom. The van der Waals surface area contributed by atoms with Crippen molar-refractivity contribution in [3.63, 3.8) is 0 Å². The van der Waals surface area contributed by atoms with E-state index < -0.39 is 0 Å². The van der Waals surface area contributed by atoms with Crippen molar-refractivity contribution in [3.05, 3.63) is 23.8 Å². The van der Waals surface area contributed by atoms with Crippen LogP contribution < -0.4 is 5.32 Å². The van der Waals surface area contributed by atoms with E-state index in [1.165, 1.54) is 45.3 Å². The van der Waals surface area contributed by atoms with Crippen LogP contribution >= 0.6 is 0 Å². The molecule has 0 aliphatic carbocycles. The van der Waals surface area contributed by atoms with E-state index >= 15 is 0 Å². The van der Waals surface area contributed by atoms with E-state index in [0.717, 1.165) is 25.8 Å². The number of hydrogen-bond acceptors (Lipinski definition) is 4. The van der Waals surface area contributed by atoms with Gasteiger partial charge in [-0.1, -0.05) is 12.8 Å². The molecule has 1 fully saturated rings. The van der Waals surface area contributed by atoms with Crippen molar-refractivity contribution in [1.82, 2.24) is 4.90 Å². The van der Waals surface area contributed by atoms with Gasteiger partial charge in [-0.05, 0) is 63.5 Å². The Morgan fingerprint density at radius 2 is 1.88 bits per heavy atom. The number of phenols is 1. The van der Waals surface area contributed by atoms with Crippen LogP contribution in [0, 0.1) is 0 Å². The zero-order valence-corrected chi connectivity index (χ0v) is 14.5. The van der Waals surface area contributed by atoms with Crippen molar-refractivity contribution in [2.24, 2.45) is 0 Å². The summed E-state index contributed by atoms with van der Waals surface area (Å²) in [7, 11) is 0. The molecule has 1 amide bonds. The number of carbonyl (C=O) groups excluding carboxylic acids is 2. The third-order valence-electron chi connectivity index (χ3n) is 4.44. The minimum atomic E-state index is -0.197. The molecule has 1 aliphatic heterocycles. The molecule has 24 heavy (non-hydrogen) atoms. The van der Waals surface area contributed by atoms with Crippen molar-refractivity contribution in [1.29, 1.82) is 0 Å². The Labute approximate surface area is 144 Å². The SMILES string of the molecule is CC(=O)Nc1ccc(O)c(C(=O)CCCCCN2CCCCC2)c1. The first-order chi connectivity index (χ1) is 11.6. The number of Topliss-reactive ketones (excluding diaryl/α,β-unsaturated/α-hetero) is 1. The number of anilines is 1. The number of benzene rings is 1. The van der Waals surface area contributed by atoms with Gasteiger partial charge >= 0.3 is 0 Å². The number of rotatable bonds is 8. The molecule has 0 atom stereocenters. The summed E-state index contributed by atoms with van der Waals surface area (Å²) in [5.74, 6) is -0.295. The lowest BCUT2D eigenvalue weighted by atomic mass is 10.0. The third kappa shape index (κ3) is 5.96. The fraction of sp³-hybridized carbons (Fsp3) is 0.579. The van der Waals surface area contributed by atoms with Crippen LogP contribution in [0.15, 0.2) is 18.2 Å². The van der Waals surface area contributed by atoms with E-state index in [0.29, 0.717) is 12.1 Å². The van der Waals surface area contributed by atoms with Crippen molar-refractivity contribution in [3.8, 4) is 5.75 Å². The summed E-state index contributed by atoms with van der Waals surface area (Å²) in [4.78, 5) is 25.9. The van der Waals surface area contributed by atoms with Crippen LogP contribution in [0.1, 0.15) is 62.2 Å². The lowest BCUT2D eigenvalue weighted by Gasteiger charge is -2.26. The number of aromatic hydroxyl groups is 1. The lowest BCUT2D eigenvalue weighted by Crippen LogP contribution is -2.30. The van der Waals surface area contributed by atoms with E-state index in [4.69, 9.17) is 0 Å². The highest BCUT2D eigenvalue weighted by molar-refractivity contribution is 6.00. The second-order valence-corrected chi connectivity index (χ2v) is 6.55. The highest BCUT2D eigenvalue weighted by Gasteiger charge is 2.13. The average Bonchev–Trinajstić information content (AvgIpc) is 2.56. The first-order valence-corrected chi connectivity index (χ1v) is 8.92. The molecule has 5 heteroatoms. The Kier molecular flexibility index (Phi) is 7.25. The summed E-state index contributed by atoms with van der Waals surface area (Å²) >= 11 is 0. The van der Waals surface area contributed by atoms with E-state index in [1.54, 1.807) is 12.1 Å². The molecule has 0 saturated carbocycles. The van der Waals surface area contributed by atoms with Gasteiger partial charge in [0.05, 0.1) is 5.56 Å². The molecule has 132 valence electrons. The minimum absolute atomic E-state index is 0.0255. The van der Waals surface area contributed by atoms with E-state index in [2.05, 4.69) is 10.2 Å². The largest absolute Gasteiger partial charge is 0.507 e. The second kappa shape index (κ2) is 9.42. The smallest absolute Gasteiger partial charge is 0.221 e.